The Kier molecular flexibility index (Phi) is 22.2. The molecule has 0 saturated heterocycles. The van der Waals surface area contributed by atoms with E-state index in [4.69, 9.17) is 26.2 Å². The number of carbonyl (C=O) groups is 2. The van der Waals surface area contributed by atoms with Crippen molar-refractivity contribution in [2.45, 2.75) is 33.0 Å². The van der Waals surface area contributed by atoms with Gasteiger partial charge in [-0.3, -0.25) is 9.59 Å². The van der Waals surface area contributed by atoms with Crippen molar-refractivity contribution >= 4 is 11.9 Å². The van der Waals surface area contributed by atoms with Crippen LogP contribution in [0.1, 0.15) is 26.7 Å². The molecule has 8 heteroatoms. The van der Waals surface area contributed by atoms with Crippen LogP contribution < -0.4 is 11.1 Å². The predicted molar refractivity (Wildman–Crippen MR) is 66.0 cm³/mol. The number of hydrogen-bond donors (Lipinski definition) is 6. The van der Waals surface area contributed by atoms with E-state index in [-0.39, 0.29) is 19.4 Å². The monoisotopic (exact) mass is 268 g/mol. The first-order valence-corrected chi connectivity index (χ1v) is 5.52. The summed E-state index contributed by atoms with van der Waals surface area (Å²) in [5, 5.41) is 34.6. The Morgan fingerprint density at radius 3 is 1.61 bits per heavy atom. The molecule has 0 amide bonds. The minimum Gasteiger partial charge on any atom is -0.481 e. The number of aliphatic carboxylic acids is 2. The molecular weight excluding hydrogens is 244 g/mol. The number of nitrogens with two attached hydrogens (primary N) is 1. The quantitative estimate of drug-likeness (QED) is 0.259. The van der Waals surface area contributed by atoms with Crippen LogP contribution in [-0.4, -0.2) is 58.3 Å². The summed E-state index contributed by atoms with van der Waals surface area (Å²) < 4.78 is 0. The van der Waals surface area contributed by atoms with Crippen LogP contribution in [0.2, 0.25) is 0 Å². The number of rotatable bonds is 6. The first kappa shape index (κ1) is 22.0. The zero-order valence-electron chi connectivity index (χ0n) is 10.8. The molecule has 0 unspecified atom stereocenters. The molecule has 110 valence electrons. The minimum absolute atomic E-state index is 0.192. The predicted octanol–water partition coefficient (Wildman–Crippen LogP) is -1.19. The Labute approximate surface area is 106 Å². The molecule has 0 fully saturated rings. The second-order valence-corrected chi connectivity index (χ2v) is 2.97. The van der Waals surface area contributed by atoms with E-state index in [2.05, 4.69) is 5.32 Å². The Bertz CT molecular complexity index is 185. The largest absolute Gasteiger partial charge is 0.481 e. The normalized spacial score (nSPS) is 8.78. The van der Waals surface area contributed by atoms with E-state index in [1.165, 1.54) is 0 Å². The number of nitrogens with one attached hydrogen (secondary N) is 1. The molecule has 18 heavy (non-hydrogen) atoms. The van der Waals surface area contributed by atoms with Gasteiger partial charge in [-0.15, -0.1) is 0 Å². The Morgan fingerprint density at radius 1 is 1.11 bits per heavy atom. The van der Waals surface area contributed by atoms with Gasteiger partial charge in [0.15, 0.2) is 6.29 Å². The average Bonchev–Trinajstić information content (AvgIpc) is 2.30. The molecule has 0 heterocycles. The van der Waals surface area contributed by atoms with E-state index in [1.807, 2.05) is 0 Å². The molecule has 0 aliphatic carbocycles. The fourth-order valence-corrected chi connectivity index (χ4v) is 0.333. The van der Waals surface area contributed by atoms with Crippen molar-refractivity contribution in [3.05, 3.63) is 0 Å². The van der Waals surface area contributed by atoms with Crippen molar-refractivity contribution in [3.8, 4) is 0 Å². The molecule has 0 aromatic heterocycles. The Hall–Kier alpha value is -1.22. The second-order valence-electron chi connectivity index (χ2n) is 2.97. The van der Waals surface area contributed by atoms with E-state index in [0.717, 1.165) is 0 Å². The maximum atomic E-state index is 9.37. The highest BCUT2D eigenvalue weighted by atomic mass is 16.5. The molecule has 8 nitrogen and oxygen atoms in total. The van der Waals surface area contributed by atoms with Crippen LogP contribution in [0.5, 0.6) is 0 Å². The molecule has 0 aromatic rings. The van der Waals surface area contributed by atoms with Gasteiger partial charge < -0.3 is 31.5 Å². The van der Waals surface area contributed by atoms with Crippen molar-refractivity contribution < 1.29 is 30.0 Å². The molecule has 0 atom stereocenters. The molecule has 0 spiro atoms. The van der Waals surface area contributed by atoms with Gasteiger partial charge >= 0.3 is 11.9 Å². The third kappa shape index (κ3) is 46.4. The van der Waals surface area contributed by atoms with Gasteiger partial charge in [-0.1, -0.05) is 13.8 Å². The standard InChI is InChI=1S/C4H12N2O2.2C3H6O2/c5-1-2-6-3-4(7)8;2*1-2-3(4)5/h4,6-8H,1-3,5H2;2*2H2,1H3,(H,4,5). The van der Waals surface area contributed by atoms with E-state index >= 15 is 0 Å². The van der Waals surface area contributed by atoms with Gasteiger partial charge in [0.2, 0.25) is 0 Å². The van der Waals surface area contributed by atoms with Gasteiger partial charge in [0, 0.05) is 32.5 Å². The highest BCUT2D eigenvalue weighted by Gasteiger charge is 1.91. The van der Waals surface area contributed by atoms with Crippen LogP contribution in [0.15, 0.2) is 0 Å². The molecule has 0 aliphatic heterocycles. The van der Waals surface area contributed by atoms with E-state index in [9.17, 15) is 9.59 Å². The summed E-state index contributed by atoms with van der Waals surface area (Å²) in [4.78, 5) is 18.7. The van der Waals surface area contributed by atoms with E-state index in [0.29, 0.717) is 13.1 Å². The molecule has 0 aliphatic rings. The Balaban J connectivity index is -0.000000197. The highest BCUT2D eigenvalue weighted by molar-refractivity contribution is 5.66. The third-order valence-corrected chi connectivity index (χ3v) is 1.25. The number of carboxylic acids is 2. The number of aliphatic hydroxyl groups excluding tert-OH is 1. The van der Waals surface area contributed by atoms with Gasteiger partial charge in [-0.2, -0.15) is 0 Å². The topological polar surface area (TPSA) is 153 Å². The fraction of sp³-hybridized carbons (Fsp3) is 0.800. The van der Waals surface area contributed by atoms with Crippen molar-refractivity contribution in [2.75, 3.05) is 19.6 Å². The molecule has 7 N–H and O–H groups in total. The lowest BCUT2D eigenvalue weighted by molar-refractivity contribution is -0.137. The van der Waals surface area contributed by atoms with Crippen LogP contribution >= 0.6 is 0 Å². The molecular formula is C10H24N2O6. The van der Waals surface area contributed by atoms with Crippen molar-refractivity contribution in [1.82, 2.24) is 5.32 Å². The van der Waals surface area contributed by atoms with Gasteiger partial charge in [-0.05, 0) is 0 Å². The first-order chi connectivity index (χ1) is 8.31. The summed E-state index contributed by atoms with van der Waals surface area (Å²) in [6, 6.07) is 0. The van der Waals surface area contributed by atoms with Crippen molar-refractivity contribution in [2.24, 2.45) is 5.73 Å². The lowest BCUT2D eigenvalue weighted by Crippen LogP contribution is -2.30. The minimum atomic E-state index is -1.26. The molecule has 0 radical (unpaired) electrons. The Morgan fingerprint density at radius 2 is 1.44 bits per heavy atom. The van der Waals surface area contributed by atoms with Gasteiger partial charge in [0.05, 0.1) is 0 Å². The maximum Gasteiger partial charge on any atom is 0.303 e. The van der Waals surface area contributed by atoms with Gasteiger partial charge in [0.1, 0.15) is 0 Å². The molecule has 0 aromatic carbocycles. The molecule has 0 saturated carbocycles. The van der Waals surface area contributed by atoms with Crippen molar-refractivity contribution in [3.63, 3.8) is 0 Å². The molecule has 0 rings (SSSR count). The van der Waals surface area contributed by atoms with Crippen LogP contribution in [-0.2, 0) is 9.59 Å². The highest BCUT2D eigenvalue weighted by Crippen LogP contribution is 1.68. The first-order valence-electron chi connectivity index (χ1n) is 5.52. The lowest BCUT2D eigenvalue weighted by Gasteiger charge is -2.02. The molecule has 0 bridgehead atoms. The second kappa shape index (κ2) is 18.2. The summed E-state index contributed by atoms with van der Waals surface area (Å²) in [6.45, 7) is 4.53. The number of hydrogen-bond acceptors (Lipinski definition) is 6. The summed E-state index contributed by atoms with van der Waals surface area (Å²) in [5.41, 5.74) is 5.09. The van der Waals surface area contributed by atoms with Crippen LogP contribution in [0.25, 0.3) is 0 Å². The lowest BCUT2D eigenvalue weighted by atomic mass is 10.5. The summed E-state index contributed by atoms with van der Waals surface area (Å²) in [5.74, 6) is -1.49. The van der Waals surface area contributed by atoms with Crippen LogP contribution in [0, 0.1) is 0 Å². The zero-order chi connectivity index (χ0) is 15.0. The SMILES string of the molecule is CCC(=O)O.CCC(=O)O.NCCNCC(O)O. The van der Waals surface area contributed by atoms with Crippen LogP contribution in [0.3, 0.4) is 0 Å². The number of aliphatic hydroxyl groups is 2. The van der Waals surface area contributed by atoms with E-state index < -0.39 is 18.2 Å². The maximum absolute atomic E-state index is 9.37. The third-order valence-electron chi connectivity index (χ3n) is 1.25. The summed E-state index contributed by atoms with van der Waals surface area (Å²) >= 11 is 0. The van der Waals surface area contributed by atoms with Gasteiger partial charge in [-0.25, -0.2) is 0 Å². The summed E-state index contributed by atoms with van der Waals surface area (Å²) in [7, 11) is 0. The summed E-state index contributed by atoms with van der Waals surface area (Å²) in [6.07, 6.45) is -0.818. The fourth-order valence-electron chi connectivity index (χ4n) is 0.333. The smallest absolute Gasteiger partial charge is 0.303 e. The van der Waals surface area contributed by atoms with E-state index in [1.54, 1.807) is 13.8 Å². The van der Waals surface area contributed by atoms with Gasteiger partial charge in [0.25, 0.3) is 0 Å². The zero-order valence-corrected chi connectivity index (χ0v) is 10.8. The number of carboxylic acid groups (broad SMARTS) is 2. The van der Waals surface area contributed by atoms with Crippen molar-refractivity contribution in [1.29, 1.82) is 0 Å². The van der Waals surface area contributed by atoms with Crippen LogP contribution in [0.4, 0.5) is 0 Å². The average molecular weight is 268 g/mol.